The van der Waals surface area contributed by atoms with Gasteiger partial charge in [0, 0.05) is 41.6 Å². The molecule has 2 atom stereocenters. The number of anilines is 1. The van der Waals surface area contributed by atoms with E-state index in [-0.39, 0.29) is 33.7 Å². The SMILES string of the molecule is CC(c1ccnc(S(C)(=O)=O)n1)C1(C(C)c2ccnc(S(C)(=O)=O)n2)NC(=O)N(c2ccc(SC(F)(F)F)cc2)C1=O. The average Bonchev–Trinajstić information content (AvgIpc) is 3.17. The number of hydrogen-bond acceptors (Lipinski definition) is 11. The fourth-order valence-corrected chi connectivity index (χ4v) is 6.16. The van der Waals surface area contributed by atoms with Gasteiger partial charge in [0.1, 0.15) is 5.54 Å². The summed E-state index contributed by atoms with van der Waals surface area (Å²) in [6.07, 6.45) is 4.15. The summed E-state index contributed by atoms with van der Waals surface area (Å²) < 4.78 is 87.0. The number of amides is 3. The summed E-state index contributed by atoms with van der Waals surface area (Å²) in [7, 11) is -7.73. The monoisotopic (exact) mass is 644 g/mol. The molecule has 12 nitrogen and oxygen atoms in total. The molecule has 42 heavy (non-hydrogen) atoms. The molecule has 1 aliphatic heterocycles. The van der Waals surface area contributed by atoms with Crippen LogP contribution in [0.4, 0.5) is 23.7 Å². The number of carbonyl (C=O) groups is 2. The fraction of sp³-hybridized carbons (Fsp3) is 0.333. The highest BCUT2D eigenvalue weighted by Gasteiger charge is 2.59. The van der Waals surface area contributed by atoms with Crippen LogP contribution in [0.25, 0.3) is 0 Å². The van der Waals surface area contributed by atoms with E-state index in [9.17, 15) is 39.6 Å². The van der Waals surface area contributed by atoms with Gasteiger partial charge in [-0.25, -0.2) is 46.5 Å². The number of sulfone groups is 2. The Labute approximate surface area is 243 Å². The highest BCUT2D eigenvalue weighted by molar-refractivity contribution is 8.00. The van der Waals surface area contributed by atoms with Crippen LogP contribution in [-0.4, -0.2) is 72.3 Å². The maximum Gasteiger partial charge on any atom is 0.446 e. The number of thioether (sulfide) groups is 1. The molecule has 1 aromatic carbocycles. The Hall–Kier alpha value is -3.64. The first-order chi connectivity index (χ1) is 19.3. The molecule has 224 valence electrons. The lowest BCUT2D eigenvalue weighted by Gasteiger charge is -2.37. The van der Waals surface area contributed by atoms with Crippen molar-refractivity contribution in [3.05, 3.63) is 60.2 Å². The molecule has 18 heteroatoms. The smallest absolute Gasteiger partial charge is 0.321 e. The molecule has 1 N–H and O–H groups in total. The molecule has 0 saturated carbocycles. The molecule has 2 aromatic heterocycles. The molecule has 2 unspecified atom stereocenters. The van der Waals surface area contributed by atoms with E-state index in [1.165, 1.54) is 50.5 Å². The molecule has 0 spiro atoms. The van der Waals surface area contributed by atoms with E-state index < -0.39 is 64.8 Å². The number of urea groups is 1. The number of carbonyl (C=O) groups excluding carboxylic acids is 2. The molecule has 3 amide bonds. The molecule has 0 bridgehead atoms. The minimum Gasteiger partial charge on any atom is -0.321 e. The Balaban J connectivity index is 1.86. The fourth-order valence-electron chi connectivity index (χ4n) is 4.57. The molecule has 4 rings (SSSR count). The van der Waals surface area contributed by atoms with E-state index >= 15 is 0 Å². The molecule has 0 radical (unpaired) electrons. The molecule has 1 aliphatic rings. The number of alkyl halides is 3. The van der Waals surface area contributed by atoms with Crippen LogP contribution in [0, 0.1) is 0 Å². The second-order valence-electron chi connectivity index (χ2n) is 9.50. The number of hydrogen-bond donors (Lipinski definition) is 1. The molecule has 1 fully saturated rings. The summed E-state index contributed by atoms with van der Waals surface area (Å²) in [4.78, 5) is 44.0. The normalized spacial score (nSPS) is 19.5. The van der Waals surface area contributed by atoms with E-state index in [1.54, 1.807) is 0 Å². The Morgan fingerprint density at radius 1 is 0.833 bits per heavy atom. The molecule has 0 aliphatic carbocycles. The Morgan fingerprint density at radius 3 is 1.69 bits per heavy atom. The maximum atomic E-state index is 14.3. The molecular formula is C24H23F3N6O6S3. The topological polar surface area (TPSA) is 169 Å². The molecule has 3 heterocycles. The highest BCUT2D eigenvalue weighted by atomic mass is 32.2. The highest BCUT2D eigenvalue weighted by Crippen LogP contribution is 2.44. The van der Waals surface area contributed by atoms with Crippen LogP contribution in [0.5, 0.6) is 0 Å². The van der Waals surface area contributed by atoms with E-state index in [0.29, 0.717) is 0 Å². The van der Waals surface area contributed by atoms with E-state index in [2.05, 4.69) is 25.3 Å². The van der Waals surface area contributed by atoms with Gasteiger partial charge in [-0.15, -0.1) is 0 Å². The van der Waals surface area contributed by atoms with Gasteiger partial charge in [0.25, 0.3) is 5.91 Å². The van der Waals surface area contributed by atoms with Crippen molar-refractivity contribution in [2.75, 3.05) is 17.4 Å². The summed E-state index contributed by atoms with van der Waals surface area (Å²) in [5, 5.41) is 1.61. The van der Waals surface area contributed by atoms with Crippen LogP contribution >= 0.6 is 11.8 Å². The van der Waals surface area contributed by atoms with E-state index in [1.807, 2.05) is 0 Å². The van der Waals surface area contributed by atoms with Crippen LogP contribution < -0.4 is 10.2 Å². The van der Waals surface area contributed by atoms with Gasteiger partial charge < -0.3 is 5.32 Å². The standard InChI is InChI=1S/C24H23F3N6O6S3/c1-13(17-9-11-28-20(30-17)41(3,36)37)23(14(2)18-10-12-29-21(31-18)42(4,38)39)19(34)33(22(35)32-23)15-5-7-16(8-6-15)40-24(25,26)27/h5-14H,1-4H3,(H,32,35). The number of halogens is 3. The van der Waals surface area contributed by atoms with Gasteiger partial charge in [-0.1, -0.05) is 13.8 Å². The minimum absolute atomic E-state index is 0.0377. The van der Waals surface area contributed by atoms with Crippen molar-refractivity contribution in [3.63, 3.8) is 0 Å². The predicted molar refractivity (Wildman–Crippen MR) is 144 cm³/mol. The third kappa shape index (κ3) is 6.10. The largest absolute Gasteiger partial charge is 0.446 e. The summed E-state index contributed by atoms with van der Waals surface area (Å²) in [6.45, 7) is 3.02. The number of rotatable bonds is 8. The number of nitrogens with zero attached hydrogens (tertiary/aromatic N) is 5. The third-order valence-electron chi connectivity index (χ3n) is 6.63. The quantitative estimate of drug-likeness (QED) is 0.217. The second-order valence-corrected chi connectivity index (χ2v) is 14.5. The van der Waals surface area contributed by atoms with Gasteiger partial charge in [0.15, 0.2) is 0 Å². The number of aromatic nitrogens is 4. The first-order valence-corrected chi connectivity index (χ1v) is 16.5. The van der Waals surface area contributed by atoms with Crippen molar-refractivity contribution in [1.29, 1.82) is 0 Å². The van der Waals surface area contributed by atoms with Gasteiger partial charge in [0.05, 0.1) is 17.1 Å². The summed E-state index contributed by atoms with van der Waals surface area (Å²) in [5.74, 6) is -2.98. The van der Waals surface area contributed by atoms with Gasteiger partial charge in [-0.3, -0.25) is 4.79 Å². The van der Waals surface area contributed by atoms with Gasteiger partial charge >= 0.3 is 11.5 Å². The zero-order valence-electron chi connectivity index (χ0n) is 22.3. The molecule has 1 saturated heterocycles. The first kappa shape index (κ1) is 31.3. The lowest BCUT2D eigenvalue weighted by molar-refractivity contribution is -0.123. The van der Waals surface area contributed by atoms with Crippen molar-refractivity contribution in [2.45, 2.75) is 51.9 Å². The number of benzene rings is 1. The van der Waals surface area contributed by atoms with Crippen LogP contribution in [0.2, 0.25) is 0 Å². The van der Waals surface area contributed by atoms with Gasteiger partial charge in [0.2, 0.25) is 30.0 Å². The maximum absolute atomic E-state index is 14.3. The van der Waals surface area contributed by atoms with Crippen molar-refractivity contribution >= 4 is 49.1 Å². The van der Waals surface area contributed by atoms with Crippen molar-refractivity contribution < 1.29 is 39.6 Å². The third-order valence-corrected chi connectivity index (χ3v) is 9.09. The van der Waals surface area contributed by atoms with Crippen LogP contribution in [-0.2, 0) is 24.5 Å². The van der Waals surface area contributed by atoms with E-state index in [4.69, 9.17) is 0 Å². The lowest BCUT2D eigenvalue weighted by Crippen LogP contribution is -2.55. The van der Waals surface area contributed by atoms with Crippen molar-refractivity contribution in [2.24, 2.45) is 0 Å². The Kier molecular flexibility index (Phi) is 8.11. The minimum atomic E-state index is -4.55. The predicted octanol–water partition coefficient (Wildman–Crippen LogP) is 3.09. The van der Waals surface area contributed by atoms with Crippen LogP contribution in [0.15, 0.2) is 64.0 Å². The van der Waals surface area contributed by atoms with Crippen molar-refractivity contribution in [3.8, 4) is 0 Å². The van der Waals surface area contributed by atoms with Gasteiger partial charge in [-0.2, -0.15) is 13.2 Å². The molecular weight excluding hydrogens is 621 g/mol. The summed E-state index contributed by atoms with van der Waals surface area (Å²) in [5.41, 5.74) is -6.40. The van der Waals surface area contributed by atoms with Gasteiger partial charge in [-0.05, 0) is 48.2 Å². The zero-order chi connectivity index (χ0) is 31.3. The second kappa shape index (κ2) is 10.9. The van der Waals surface area contributed by atoms with Crippen LogP contribution in [0.3, 0.4) is 0 Å². The summed E-state index contributed by atoms with van der Waals surface area (Å²) in [6, 6.07) is 6.36. The van der Waals surface area contributed by atoms with E-state index in [0.717, 1.165) is 29.5 Å². The first-order valence-electron chi connectivity index (χ1n) is 11.9. The lowest BCUT2D eigenvalue weighted by atomic mass is 9.72. The zero-order valence-corrected chi connectivity index (χ0v) is 24.8. The Morgan fingerprint density at radius 2 is 1.29 bits per heavy atom. The average molecular weight is 645 g/mol. The van der Waals surface area contributed by atoms with Crippen LogP contribution in [0.1, 0.15) is 37.1 Å². The number of imide groups is 1. The summed E-state index contributed by atoms with van der Waals surface area (Å²) >= 11 is -0.366. The van der Waals surface area contributed by atoms with Crippen molar-refractivity contribution in [1.82, 2.24) is 25.3 Å². The Bertz CT molecular complexity index is 1690. The molecule has 3 aromatic rings. The number of nitrogens with one attached hydrogen (secondary N) is 1.